The molecule has 2 amide bonds. The lowest BCUT2D eigenvalue weighted by Crippen LogP contribution is -2.47. The third-order valence-electron chi connectivity index (χ3n) is 8.51. The molecular formula is C39H45N7O4S. The molecule has 0 radical (unpaired) electrons. The van der Waals surface area contributed by atoms with Gasteiger partial charge in [-0.25, -0.2) is 9.78 Å². The van der Waals surface area contributed by atoms with Crippen molar-refractivity contribution in [2.75, 3.05) is 6.54 Å². The number of benzene rings is 2. The Kier molecular flexibility index (Phi) is 11.5. The second kappa shape index (κ2) is 15.8. The van der Waals surface area contributed by atoms with Crippen molar-refractivity contribution in [3.05, 3.63) is 100 Å². The Morgan fingerprint density at radius 2 is 1.82 bits per heavy atom. The SMILES string of the molecule is CCC(S/C=C(/C)N)C1CCCN1C(=O)c1cc(-c2nnc([C@](C)(Cc3ccccc3)NC(=O)OC(C)(C)C)o2)nc(-c2ccccc2C#N)c1. The topological polar surface area (TPSA) is 160 Å². The first kappa shape index (κ1) is 37.1. The molecular weight excluding hydrogens is 663 g/mol. The summed E-state index contributed by atoms with van der Waals surface area (Å²) in [5, 5.41) is 23.8. The van der Waals surface area contributed by atoms with Gasteiger partial charge in [0, 0.05) is 41.1 Å². The van der Waals surface area contributed by atoms with Crippen LogP contribution in [0.3, 0.4) is 0 Å². The van der Waals surface area contributed by atoms with Crippen LogP contribution in [0.4, 0.5) is 4.79 Å². The summed E-state index contributed by atoms with van der Waals surface area (Å²) >= 11 is 1.66. The van der Waals surface area contributed by atoms with E-state index in [1.54, 1.807) is 69.8 Å². The Bertz CT molecular complexity index is 1930. The predicted molar refractivity (Wildman–Crippen MR) is 198 cm³/mol. The molecule has 0 aliphatic carbocycles. The molecule has 1 saturated heterocycles. The number of nitriles is 1. The van der Waals surface area contributed by atoms with Crippen LogP contribution in [-0.4, -0.2) is 55.5 Å². The maximum absolute atomic E-state index is 14.4. The van der Waals surface area contributed by atoms with Crippen LogP contribution in [0.2, 0.25) is 0 Å². The van der Waals surface area contributed by atoms with Crippen LogP contribution in [0.25, 0.3) is 22.8 Å². The highest BCUT2D eigenvalue weighted by atomic mass is 32.2. The zero-order chi connectivity index (χ0) is 36.8. The Balaban J connectivity index is 1.57. The molecule has 1 aliphatic heterocycles. The largest absolute Gasteiger partial charge is 0.444 e. The standard InChI is InChI=1S/C39H45N7O4S/c1-7-33(51-24-25(2)41)32-18-13-19-46(32)35(47)28-20-30(29-17-12-11-16-27(29)23-40)42-31(21-28)34-44-45-36(49-34)39(6,22-26-14-9-8-10-15-26)43-37(48)50-38(3,4)5/h8-12,14-17,20-21,24,32-33H,7,13,18-19,22,41H2,1-6H3,(H,43,48)/b25-24-/t32?,33?,39-/m0/s1. The van der Waals surface area contributed by atoms with E-state index in [2.05, 4.69) is 28.5 Å². The average molecular weight is 708 g/mol. The van der Waals surface area contributed by atoms with Crippen LogP contribution in [0.1, 0.15) is 88.2 Å². The van der Waals surface area contributed by atoms with E-state index in [0.717, 1.165) is 30.5 Å². The van der Waals surface area contributed by atoms with Crippen LogP contribution in [0, 0.1) is 11.3 Å². The number of carbonyl (C=O) groups excluding carboxylic acids is 2. The van der Waals surface area contributed by atoms with E-state index in [1.165, 1.54) is 0 Å². The molecule has 0 spiro atoms. The highest BCUT2D eigenvalue weighted by molar-refractivity contribution is 8.02. The van der Waals surface area contributed by atoms with Crippen molar-refractivity contribution in [1.29, 1.82) is 5.26 Å². The van der Waals surface area contributed by atoms with Gasteiger partial charge in [0.15, 0.2) is 0 Å². The number of rotatable bonds is 11. The Hall–Kier alpha value is -5.15. The van der Waals surface area contributed by atoms with Gasteiger partial charge in [0.05, 0.1) is 17.3 Å². The number of likely N-dealkylation sites (tertiary alicyclic amines) is 1. The number of ether oxygens (including phenoxy) is 1. The quantitative estimate of drug-likeness (QED) is 0.159. The molecule has 3 N–H and O–H groups in total. The van der Waals surface area contributed by atoms with Gasteiger partial charge in [-0.05, 0) is 83.1 Å². The van der Waals surface area contributed by atoms with Crippen LogP contribution >= 0.6 is 11.8 Å². The normalized spacial score (nSPS) is 16.6. The summed E-state index contributed by atoms with van der Waals surface area (Å²) < 4.78 is 11.9. The second-order valence-corrected chi connectivity index (χ2v) is 15.1. The number of nitrogens with zero attached hydrogens (tertiary/aromatic N) is 5. The number of thioether (sulfide) groups is 1. The molecule has 266 valence electrons. The molecule has 3 atom stereocenters. The van der Waals surface area contributed by atoms with Crippen molar-refractivity contribution in [2.45, 2.75) is 89.7 Å². The summed E-state index contributed by atoms with van der Waals surface area (Å²) in [4.78, 5) is 34.2. The molecule has 3 heterocycles. The third kappa shape index (κ3) is 9.15. The fourth-order valence-corrected chi connectivity index (χ4v) is 7.26. The summed E-state index contributed by atoms with van der Waals surface area (Å²) in [5.41, 5.74) is 7.77. The van der Waals surface area contributed by atoms with Crippen LogP contribution < -0.4 is 11.1 Å². The molecule has 2 aromatic carbocycles. The lowest BCUT2D eigenvalue weighted by molar-refractivity contribution is 0.0443. The number of nitrogens with two attached hydrogens (primary N) is 1. The van der Waals surface area contributed by atoms with Crippen molar-refractivity contribution < 1.29 is 18.7 Å². The number of allylic oxidation sites excluding steroid dienone is 1. The van der Waals surface area contributed by atoms with Gasteiger partial charge in [0.25, 0.3) is 11.8 Å². The molecule has 11 nitrogen and oxygen atoms in total. The zero-order valence-corrected chi connectivity index (χ0v) is 30.8. The summed E-state index contributed by atoms with van der Waals surface area (Å²) in [6.45, 7) is 11.8. The summed E-state index contributed by atoms with van der Waals surface area (Å²) in [5.74, 6) is 0.0455. The number of hydrogen-bond acceptors (Lipinski definition) is 10. The highest BCUT2D eigenvalue weighted by Crippen LogP contribution is 2.34. The lowest BCUT2D eigenvalue weighted by atomic mass is 9.92. The van der Waals surface area contributed by atoms with Crippen LogP contribution in [0.5, 0.6) is 0 Å². The monoisotopic (exact) mass is 707 g/mol. The first-order valence-electron chi connectivity index (χ1n) is 17.1. The zero-order valence-electron chi connectivity index (χ0n) is 30.0. The van der Waals surface area contributed by atoms with Crippen molar-refractivity contribution >= 4 is 23.8 Å². The Labute approximate surface area is 303 Å². The molecule has 51 heavy (non-hydrogen) atoms. The van der Waals surface area contributed by atoms with Gasteiger partial charge < -0.3 is 25.1 Å². The van der Waals surface area contributed by atoms with Gasteiger partial charge >= 0.3 is 6.09 Å². The van der Waals surface area contributed by atoms with E-state index >= 15 is 0 Å². The maximum atomic E-state index is 14.4. The Morgan fingerprint density at radius 1 is 1.12 bits per heavy atom. The summed E-state index contributed by atoms with van der Waals surface area (Å²) in [6.07, 6.45) is 2.33. The minimum Gasteiger partial charge on any atom is -0.444 e. The fraction of sp³-hybridized carbons (Fsp3) is 0.385. The number of aromatic nitrogens is 3. The molecule has 1 fully saturated rings. The van der Waals surface area contributed by atoms with E-state index in [-0.39, 0.29) is 34.7 Å². The van der Waals surface area contributed by atoms with Gasteiger partial charge in [-0.2, -0.15) is 5.26 Å². The van der Waals surface area contributed by atoms with Gasteiger partial charge in [-0.1, -0.05) is 55.5 Å². The van der Waals surface area contributed by atoms with E-state index < -0.39 is 17.2 Å². The number of amides is 2. The molecule has 0 bridgehead atoms. The maximum Gasteiger partial charge on any atom is 0.408 e. The van der Waals surface area contributed by atoms with E-state index in [1.807, 2.05) is 53.6 Å². The molecule has 2 aromatic heterocycles. The average Bonchev–Trinajstić information content (AvgIpc) is 3.79. The van der Waals surface area contributed by atoms with E-state index in [4.69, 9.17) is 19.9 Å². The summed E-state index contributed by atoms with van der Waals surface area (Å²) in [7, 11) is 0. The predicted octanol–water partition coefficient (Wildman–Crippen LogP) is 7.59. The number of carbonyl (C=O) groups is 2. The minimum atomic E-state index is -1.16. The van der Waals surface area contributed by atoms with Crippen molar-refractivity contribution in [2.24, 2.45) is 5.73 Å². The molecule has 1 aliphatic rings. The minimum absolute atomic E-state index is 0.0159. The first-order valence-corrected chi connectivity index (χ1v) is 18.0. The van der Waals surface area contributed by atoms with Gasteiger partial charge in [-0.3, -0.25) is 4.79 Å². The fourth-order valence-electron chi connectivity index (χ4n) is 6.21. The van der Waals surface area contributed by atoms with Crippen molar-refractivity contribution in [3.63, 3.8) is 0 Å². The Morgan fingerprint density at radius 3 is 2.51 bits per heavy atom. The molecule has 4 aromatic rings. The lowest BCUT2D eigenvalue weighted by Gasteiger charge is -2.30. The second-order valence-electron chi connectivity index (χ2n) is 14.0. The van der Waals surface area contributed by atoms with Gasteiger partial charge in [-0.15, -0.1) is 22.0 Å². The summed E-state index contributed by atoms with van der Waals surface area (Å²) in [6, 6.07) is 22.4. The number of alkyl carbamates (subject to hydrolysis) is 1. The number of hydrogen-bond donors (Lipinski definition) is 2. The molecule has 5 rings (SSSR count). The van der Waals surface area contributed by atoms with Gasteiger partial charge in [0.2, 0.25) is 5.89 Å². The van der Waals surface area contributed by atoms with E-state index in [0.29, 0.717) is 35.3 Å². The smallest absolute Gasteiger partial charge is 0.408 e. The van der Waals surface area contributed by atoms with E-state index in [9.17, 15) is 14.9 Å². The molecule has 2 unspecified atom stereocenters. The van der Waals surface area contributed by atoms with Gasteiger partial charge in [0.1, 0.15) is 16.8 Å². The van der Waals surface area contributed by atoms with Crippen LogP contribution in [-0.2, 0) is 16.7 Å². The third-order valence-corrected chi connectivity index (χ3v) is 10.0. The number of nitrogens with one attached hydrogen (secondary N) is 1. The highest BCUT2D eigenvalue weighted by Gasteiger charge is 2.38. The van der Waals surface area contributed by atoms with Crippen molar-refractivity contribution in [1.82, 2.24) is 25.4 Å². The molecule has 12 heteroatoms. The van der Waals surface area contributed by atoms with Crippen molar-refractivity contribution in [3.8, 4) is 28.9 Å². The van der Waals surface area contributed by atoms with Crippen LogP contribution in [0.15, 0.2) is 82.3 Å². The number of pyridine rings is 1. The first-order chi connectivity index (χ1) is 24.3. The molecule has 0 saturated carbocycles.